The second-order valence-corrected chi connectivity index (χ2v) is 4.65. The molecular formula is C11H8BrClN2O. The van der Waals surface area contributed by atoms with E-state index < -0.39 is 0 Å². The fraction of sp³-hybridized carbons (Fsp3) is 0.0909. The molecule has 1 aromatic carbocycles. The van der Waals surface area contributed by atoms with Crippen molar-refractivity contribution in [3.05, 3.63) is 51.5 Å². The fourth-order valence-corrected chi connectivity index (χ4v) is 2.22. The quantitative estimate of drug-likeness (QED) is 0.884. The van der Waals surface area contributed by atoms with Gasteiger partial charge in [0.25, 0.3) is 0 Å². The second kappa shape index (κ2) is 4.80. The minimum atomic E-state index is -0.0156. The zero-order valence-corrected chi connectivity index (χ0v) is 10.5. The van der Waals surface area contributed by atoms with Gasteiger partial charge in [0.2, 0.25) is 0 Å². The number of Topliss-reactive ketones (excluding diaryl/α,β-unsaturated/α-hetero) is 1. The number of H-pyrrole nitrogens is 1. The Morgan fingerprint density at radius 3 is 2.88 bits per heavy atom. The minimum Gasteiger partial charge on any atom is -0.348 e. The summed E-state index contributed by atoms with van der Waals surface area (Å²) in [6.45, 7) is 0. The SMILES string of the molecule is O=C(Cc1ncc[nH]1)c1cc(Cl)cc(Br)c1. The van der Waals surface area contributed by atoms with Gasteiger partial charge in [0, 0.05) is 27.5 Å². The van der Waals surface area contributed by atoms with Gasteiger partial charge in [-0.25, -0.2) is 4.98 Å². The van der Waals surface area contributed by atoms with Crippen LogP contribution in [0.5, 0.6) is 0 Å². The summed E-state index contributed by atoms with van der Waals surface area (Å²) in [5, 5.41) is 0.539. The maximum atomic E-state index is 11.9. The van der Waals surface area contributed by atoms with E-state index in [0.29, 0.717) is 16.4 Å². The van der Waals surface area contributed by atoms with Crippen LogP contribution in [0.15, 0.2) is 35.1 Å². The van der Waals surface area contributed by atoms with Gasteiger partial charge < -0.3 is 4.98 Å². The van der Waals surface area contributed by atoms with Crippen molar-refractivity contribution < 1.29 is 4.79 Å². The predicted octanol–water partition coefficient (Wildman–Crippen LogP) is 3.25. The molecule has 0 amide bonds. The lowest BCUT2D eigenvalue weighted by molar-refractivity contribution is 0.0991. The van der Waals surface area contributed by atoms with Gasteiger partial charge in [0.05, 0.1) is 6.42 Å². The third kappa shape index (κ3) is 2.71. The first-order valence-electron chi connectivity index (χ1n) is 4.63. The third-order valence-electron chi connectivity index (χ3n) is 2.07. The summed E-state index contributed by atoms with van der Waals surface area (Å²) in [5.41, 5.74) is 0.579. The van der Waals surface area contributed by atoms with Gasteiger partial charge in [-0.3, -0.25) is 4.79 Å². The summed E-state index contributed by atoms with van der Waals surface area (Å²) in [7, 11) is 0. The molecule has 0 bridgehead atoms. The number of nitrogens with zero attached hydrogens (tertiary/aromatic N) is 1. The normalized spacial score (nSPS) is 10.4. The van der Waals surface area contributed by atoms with Crippen LogP contribution in [0.1, 0.15) is 16.2 Å². The number of carbonyl (C=O) groups excluding carboxylic acids is 1. The number of ketones is 1. The molecule has 82 valence electrons. The predicted molar refractivity (Wildman–Crippen MR) is 65.8 cm³/mol. The first-order valence-corrected chi connectivity index (χ1v) is 5.80. The summed E-state index contributed by atoms with van der Waals surface area (Å²) >= 11 is 9.17. The second-order valence-electron chi connectivity index (χ2n) is 3.29. The molecule has 1 heterocycles. The molecule has 0 unspecified atom stereocenters. The van der Waals surface area contributed by atoms with Crippen molar-refractivity contribution in [1.29, 1.82) is 0 Å². The molecule has 0 aliphatic rings. The molecular weight excluding hydrogens is 291 g/mol. The van der Waals surface area contributed by atoms with Gasteiger partial charge in [-0.05, 0) is 18.2 Å². The monoisotopic (exact) mass is 298 g/mol. The lowest BCUT2D eigenvalue weighted by Crippen LogP contribution is -2.04. The van der Waals surface area contributed by atoms with Gasteiger partial charge in [0.15, 0.2) is 5.78 Å². The molecule has 0 radical (unpaired) electrons. The van der Waals surface area contributed by atoms with E-state index in [1.807, 2.05) is 0 Å². The van der Waals surface area contributed by atoms with Gasteiger partial charge >= 0.3 is 0 Å². The number of hydrogen-bond acceptors (Lipinski definition) is 2. The molecule has 0 saturated carbocycles. The summed E-state index contributed by atoms with van der Waals surface area (Å²) in [4.78, 5) is 18.8. The van der Waals surface area contributed by atoms with Crippen molar-refractivity contribution in [3.63, 3.8) is 0 Å². The summed E-state index contributed by atoms with van der Waals surface area (Å²) < 4.78 is 0.794. The fourth-order valence-electron chi connectivity index (χ4n) is 1.36. The number of carbonyl (C=O) groups is 1. The van der Waals surface area contributed by atoms with E-state index in [1.54, 1.807) is 30.6 Å². The Balaban J connectivity index is 2.21. The number of aromatic amines is 1. The van der Waals surface area contributed by atoms with Crippen molar-refractivity contribution in [3.8, 4) is 0 Å². The minimum absolute atomic E-state index is 0.0156. The summed E-state index contributed by atoms with van der Waals surface area (Å²) in [6.07, 6.45) is 3.56. The molecule has 5 heteroatoms. The van der Waals surface area contributed by atoms with Crippen LogP contribution >= 0.6 is 27.5 Å². The summed E-state index contributed by atoms with van der Waals surface area (Å²) in [5.74, 6) is 0.638. The van der Waals surface area contributed by atoms with E-state index in [-0.39, 0.29) is 12.2 Å². The highest BCUT2D eigenvalue weighted by molar-refractivity contribution is 9.10. The van der Waals surface area contributed by atoms with Gasteiger partial charge in [0.1, 0.15) is 5.82 Å². The maximum Gasteiger partial charge on any atom is 0.170 e. The zero-order chi connectivity index (χ0) is 11.5. The van der Waals surface area contributed by atoms with Crippen LogP contribution in [-0.2, 0) is 6.42 Å². The van der Waals surface area contributed by atoms with Crippen molar-refractivity contribution in [2.75, 3.05) is 0 Å². The maximum absolute atomic E-state index is 11.9. The van der Waals surface area contributed by atoms with E-state index in [4.69, 9.17) is 11.6 Å². The first kappa shape index (κ1) is 11.4. The molecule has 1 aromatic heterocycles. The smallest absolute Gasteiger partial charge is 0.170 e. The van der Waals surface area contributed by atoms with Crippen molar-refractivity contribution >= 4 is 33.3 Å². The van der Waals surface area contributed by atoms with Crippen LogP contribution in [0.4, 0.5) is 0 Å². The van der Waals surface area contributed by atoms with Gasteiger partial charge in [-0.1, -0.05) is 27.5 Å². The molecule has 1 N–H and O–H groups in total. The van der Waals surface area contributed by atoms with E-state index in [1.165, 1.54) is 0 Å². The van der Waals surface area contributed by atoms with Crippen LogP contribution in [0.2, 0.25) is 5.02 Å². The van der Waals surface area contributed by atoms with Crippen LogP contribution in [0.3, 0.4) is 0 Å². The van der Waals surface area contributed by atoms with Crippen LogP contribution in [0.25, 0.3) is 0 Å². The number of rotatable bonds is 3. The highest BCUT2D eigenvalue weighted by Crippen LogP contribution is 2.20. The number of benzene rings is 1. The molecule has 0 atom stereocenters. The molecule has 0 fully saturated rings. The highest BCUT2D eigenvalue weighted by atomic mass is 79.9. The van der Waals surface area contributed by atoms with Crippen molar-refractivity contribution in [2.45, 2.75) is 6.42 Å². The van der Waals surface area contributed by atoms with Crippen molar-refractivity contribution in [1.82, 2.24) is 9.97 Å². The molecule has 16 heavy (non-hydrogen) atoms. The average Bonchev–Trinajstić information content (AvgIpc) is 2.68. The first-order chi connectivity index (χ1) is 7.65. The Morgan fingerprint density at radius 1 is 1.44 bits per heavy atom. The van der Waals surface area contributed by atoms with Gasteiger partial charge in [-0.2, -0.15) is 0 Å². The number of nitrogens with one attached hydrogen (secondary N) is 1. The third-order valence-corrected chi connectivity index (χ3v) is 2.74. The van der Waals surface area contributed by atoms with Crippen LogP contribution in [0, 0.1) is 0 Å². The van der Waals surface area contributed by atoms with E-state index in [9.17, 15) is 4.79 Å². The molecule has 2 rings (SSSR count). The Morgan fingerprint density at radius 2 is 2.25 bits per heavy atom. The van der Waals surface area contributed by atoms with E-state index >= 15 is 0 Å². The highest BCUT2D eigenvalue weighted by Gasteiger charge is 2.10. The largest absolute Gasteiger partial charge is 0.348 e. The van der Waals surface area contributed by atoms with Crippen LogP contribution in [-0.4, -0.2) is 15.8 Å². The molecule has 0 saturated heterocycles. The topological polar surface area (TPSA) is 45.8 Å². The Bertz CT molecular complexity index is 490. The number of hydrogen-bond donors (Lipinski definition) is 1. The number of aromatic nitrogens is 2. The molecule has 3 nitrogen and oxygen atoms in total. The Kier molecular flexibility index (Phi) is 3.41. The lowest BCUT2D eigenvalue weighted by atomic mass is 10.1. The Hall–Kier alpha value is -1.13. The van der Waals surface area contributed by atoms with Gasteiger partial charge in [-0.15, -0.1) is 0 Å². The Labute approximate surface area is 106 Å². The van der Waals surface area contributed by atoms with Crippen molar-refractivity contribution in [2.24, 2.45) is 0 Å². The number of imidazole rings is 1. The van der Waals surface area contributed by atoms with E-state index in [0.717, 1.165) is 4.47 Å². The zero-order valence-electron chi connectivity index (χ0n) is 8.21. The van der Waals surface area contributed by atoms with E-state index in [2.05, 4.69) is 25.9 Å². The van der Waals surface area contributed by atoms with Crippen LogP contribution < -0.4 is 0 Å². The number of halogens is 2. The average molecular weight is 300 g/mol. The summed E-state index contributed by atoms with van der Waals surface area (Å²) in [6, 6.07) is 5.14. The molecule has 0 aliphatic heterocycles. The molecule has 0 spiro atoms. The molecule has 0 aliphatic carbocycles. The standard InChI is InChI=1S/C11H8BrClN2O/c12-8-3-7(4-9(13)5-8)10(16)6-11-14-1-2-15-11/h1-5H,6H2,(H,14,15). The molecule has 2 aromatic rings. The lowest BCUT2D eigenvalue weighted by Gasteiger charge is -2.01.